The van der Waals surface area contributed by atoms with E-state index in [1.54, 1.807) is 4.90 Å². The normalized spacial score (nSPS) is 17.4. The lowest BCUT2D eigenvalue weighted by Crippen LogP contribution is -2.34. The Bertz CT molecular complexity index is 292. The van der Waals surface area contributed by atoms with Gasteiger partial charge in [-0.25, -0.2) is 8.42 Å². The molecule has 82 valence electrons. The van der Waals surface area contributed by atoms with Gasteiger partial charge in [0.25, 0.3) is 0 Å². The Morgan fingerprint density at radius 3 is 2.36 bits per heavy atom. The van der Waals surface area contributed by atoms with Crippen LogP contribution in [0, 0.1) is 0 Å². The van der Waals surface area contributed by atoms with Crippen LogP contribution in [0.3, 0.4) is 0 Å². The number of amides is 1. The molecule has 0 aliphatic carbocycles. The number of hydrogen-bond donors (Lipinski definition) is 1. The zero-order valence-corrected chi connectivity index (χ0v) is 8.79. The van der Waals surface area contributed by atoms with Crippen molar-refractivity contribution in [2.45, 2.75) is 12.8 Å². The van der Waals surface area contributed by atoms with Crippen LogP contribution in [0.15, 0.2) is 0 Å². The maximum absolute atomic E-state index is 11.4. The van der Waals surface area contributed by atoms with Crippen molar-refractivity contribution in [3.8, 4) is 0 Å². The highest BCUT2D eigenvalue weighted by Gasteiger charge is 2.23. The molecule has 6 heteroatoms. The van der Waals surface area contributed by atoms with Crippen LogP contribution in [0.2, 0.25) is 0 Å². The summed E-state index contributed by atoms with van der Waals surface area (Å²) in [5, 5.41) is 8.48. The van der Waals surface area contributed by atoms with Gasteiger partial charge in [-0.15, -0.1) is 0 Å². The lowest BCUT2D eigenvalue weighted by atomic mass is 10.4. The van der Waals surface area contributed by atoms with Gasteiger partial charge in [0, 0.05) is 13.1 Å². The monoisotopic (exact) mass is 221 g/mol. The minimum atomic E-state index is -3.41. The molecular weight excluding hydrogens is 206 g/mol. The third-order valence-electron chi connectivity index (χ3n) is 2.20. The van der Waals surface area contributed by atoms with Crippen molar-refractivity contribution >= 4 is 15.7 Å². The van der Waals surface area contributed by atoms with Gasteiger partial charge in [-0.05, 0) is 12.8 Å². The average molecular weight is 221 g/mol. The molecule has 1 aliphatic rings. The van der Waals surface area contributed by atoms with Crippen molar-refractivity contribution in [2.24, 2.45) is 0 Å². The van der Waals surface area contributed by atoms with Crippen molar-refractivity contribution < 1.29 is 18.3 Å². The first-order valence-corrected chi connectivity index (χ1v) is 6.46. The molecule has 0 spiro atoms. The van der Waals surface area contributed by atoms with Gasteiger partial charge in [-0.1, -0.05) is 0 Å². The molecule has 0 atom stereocenters. The van der Waals surface area contributed by atoms with Gasteiger partial charge in [-0.2, -0.15) is 0 Å². The van der Waals surface area contributed by atoms with Gasteiger partial charge < -0.3 is 10.0 Å². The van der Waals surface area contributed by atoms with E-state index in [-0.39, 0.29) is 11.7 Å². The molecule has 1 fully saturated rings. The lowest BCUT2D eigenvalue weighted by Gasteiger charge is -2.14. The van der Waals surface area contributed by atoms with Crippen LogP contribution < -0.4 is 0 Å². The number of nitrogens with zero attached hydrogens (tertiary/aromatic N) is 1. The number of likely N-dealkylation sites (tertiary alicyclic amines) is 1. The Hall–Kier alpha value is -0.620. The number of sulfone groups is 1. The zero-order valence-electron chi connectivity index (χ0n) is 7.98. The van der Waals surface area contributed by atoms with Crippen LogP contribution in [0.25, 0.3) is 0 Å². The Labute approximate surface area is 83.6 Å². The molecule has 0 bridgehead atoms. The lowest BCUT2D eigenvalue weighted by molar-refractivity contribution is -0.127. The molecule has 1 N–H and O–H groups in total. The van der Waals surface area contributed by atoms with Gasteiger partial charge in [0.2, 0.25) is 5.91 Å². The summed E-state index contributed by atoms with van der Waals surface area (Å²) in [7, 11) is -3.41. The van der Waals surface area contributed by atoms with Gasteiger partial charge in [0.15, 0.2) is 9.84 Å². The zero-order chi connectivity index (χ0) is 10.6. The van der Waals surface area contributed by atoms with Crippen molar-refractivity contribution in [2.75, 3.05) is 31.2 Å². The van der Waals surface area contributed by atoms with Gasteiger partial charge >= 0.3 is 0 Å². The van der Waals surface area contributed by atoms with Crippen LogP contribution in [0.5, 0.6) is 0 Å². The van der Waals surface area contributed by atoms with Crippen LogP contribution in [-0.4, -0.2) is 55.5 Å². The highest BCUT2D eigenvalue weighted by molar-refractivity contribution is 7.92. The summed E-state index contributed by atoms with van der Waals surface area (Å²) in [5.41, 5.74) is 0. The quantitative estimate of drug-likeness (QED) is 0.662. The fourth-order valence-electron chi connectivity index (χ4n) is 1.46. The van der Waals surface area contributed by atoms with E-state index in [4.69, 9.17) is 5.11 Å². The maximum atomic E-state index is 11.4. The maximum Gasteiger partial charge on any atom is 0.237 e. The Balaban J connectivity index is 2.47. The standard InChI is InChI=1S/C8H15NO4S/c10-5-6-14(12,13)7-8(11)9-3-1-2-4-9/h10H,1-7H2. The third kappa shape index (κ3) is 3.26. The van der Waals surface area contributed by atoms with Crippen LogP contribution in [-0.2, 0) is 14.6 Å². The van der Waals surface area contributed by atoms with Crippen molar-refractivity contribution in [1.82, 2.24) is 4.90 Å². The number of carbonyl (C=O) groups excluding carboxylic acids is 1. The second kappa shape index (κ2) is 4.75. The molecule has 0 aromatic carbocycles. The van der Waals surface area contributed by atoms with E-state index in [1.807, 2.05) is 0 Å². The molecule has 1 amide bonds. The molecule has 1 heterocycles. The molecule has 0 radical (unpaired) electrons. The molecule has 0 saturated carbocycles. The number of aliphatic hydroxyl groups excluding tert-OH is 1. The Kier molecular flexibility index (Phi) is 3.88. The highest BCUT2D eigenvalue weighted by atomic mass is 32.2. The Morgan fingerprint density at radius 2 is 1.86 bits per heavy atom. The fraction of sp³-hybridized carbons (Fsp3) is 0.875. The van der Waals surface area contributed by atoms with Gasteiger partial charge in [0.05, 0.1) is 12.4 Å². The third-order valence-corrected chi connectivity index (χ3v) is 3.70. The molecule has 0 aromatic rings. The topological polar surface area (TPSA) is 74.7 Å². The number of aliphatic hydroxyl groups is 1. The second-order valence-electron chi connectivity index (χ2n) is 3.40. The van der Waals surface area contributed by atoms with Gasteiger partial charge in [-0.3, -0.25) is 4.79 Å². The summed E-state index contributed by atoms with van der Waals surface area (Å²) in [4.78, 5) is 13.0. The minimum absolute atomic E-state index is 0.327. The first-order valence-electron chi connectivity index (χ1n) is 4.64. The summed E-state index contributed by atoms with van der Waals surface area (Å²) in [5.74, 6) is -1.13. The minimum Gasteiger partial charge on any atom is -0.395 e. The molecule has 5 nitrogen and oxygen atoms in total. The molecule has 14 heavy (non-hydrogen) atoms. The van der Waals surface area contributed by atoms with E-state index in [0.29, 0.717) is 13.1 Å². The van der Waals surface area contributed by atoms with E-state index < -0.39 is 22.2 Å². The summed E-state index contributed by atoms with van der Waals surface area (Å²) in [6.07, 6.45) is 1.90. The molecule has 0 unspecified atom stereocenters. The van der Waals surface area contributed by atoms with Crippen molar-refractivity contribution in [3.05, 3.63) is 0 Å². The largest absolute Gasteiger partial charge is 0.395 e. The fourth-order valence-corrected chi connectivity index (χ4v) is 2.44. The smallest absolute Gasteiger partial charge is 0.237 e. The predicted octanol–water partition coefficient (Wildman–Crippen LogP) is -0.984. The SMILES string of the molecule is O=C(CS(=O)(=O)CCO)N1CCCC1. The molecule has 0 aromatic heterocycles. The average Bonchev–Trinajstić information content (AvgIpc) is 2.53. The first-order chi connectivity index (χ1) is 6.55. The van der Waals surface area contributed by atoms with E-state index in [9.17, 15) is 13.2 Å². The second-order valence-corrected chi connectivity index (χ2v) is 5.59. The Morgan fingerprint density at radius 1 is 1.29 bits per heavy atom. The van der Waals surface area contributed by atoms with Crippen LogP contribution >= 0.6 is 0 Å². The van der Waals surface area contributed by atoms with Crippen LogP contribution in [0.4, 0.5) is 0 Å². The highest BCUT2D eigenvalue weighted by Crippen LogP contribution is 2.08. The summed E-state index contributed by atoms with van der Waals surface area (Å²) >= 11 is 0. The first kappa shape index (κ1) is 11.5. The molecule has 1 rings (SSSR count). The van der Waals surface area contributed by atoms with Crippen LogP contribution in [0.1, 0.15) is 12.8 Å². The molecular formula is C8H15NO4S. The van der Waals surface area contributed by atoms with Gasteiger partial charge in [0.1, 0.15) is 5.75 Å². The molecule has 1 saturated heterocycles. The number of carbonyl (C=O) groups is 1. The summed E-state index contributed by atoms with van der Waals surface area (Å²) in [6, 6.07) is 0. The predicted molar refractivity (Wildman–Crippen MR) is 51.6 cm³/mol. The number of hydrogen-bond acceptors (Lipinski definition) is 4. The number of rotatable bonds is 4. The van der Waals surface area contributed by atoms with E-state index in [1.165, 1.54) is 0 Å². The van der Waals surface area contributed by atoms with Crippen molar-refractivity contribution in [1.29, 1.82) is 0 Å². The van der Waals surface area contributed by atoms with Crippen molar-refractivity contribution in [3.63, 3.8) is 0 Å². The summed E-state index contributed by atoms with van der Waals surface area (Å²) < 4.78 is 22.4. The van der Waals surface area contributed by atoms with E-state index in [0.717, 1.165) is 12.8 Å². The molecule has 1 aliphatic heterocycles. The summed E-state index contributed by atoms with van der Waals surface area (Å²) in [6.45, 7) is 0.899. The van der Waals surface area contributed by atoms with E-state index >= 15 is 0 Å². The van der Waals surface area contributed by atoms with E-state index in [2.05, 4.69) is 0 Å².